The monoisotopic (exact) mass is 316 g/mol. The Balaban J connectivity index is 2.64. The Morgan fingerprint density at radius 2 is 2.11 bits per heavy atom. The van der Waals surface area contributed by atoms with Crippen molar-refractivity contribution in [3.8, 4) is 0 Å². The van der Waals surface area contributed by atoms with Crippen LogP contribution in [0.1, 0.15) is 18.9 Å². The first kappa shape index (κ1) is 15.6. The Hall–Kier alpha value is -0.450. The molecule has 2 nitrogen and oxygen atoms in total. The Bertz CT molecular complexity index is 369. The average molecular weight is 317 g/mol. The summed E-state index contributed by atoms with van der Waals surface area (Å²) in [6, 6.07) is 5.35. The van der Waals surface area contributed by atoms with Crippen LogP contribution >= 0.6 is 15.9 Å². The van der Waals surface area contributed by atoms with E-state index in [9.17, 15) is 4.39 Å². The van der Waals surface area contributed by atoms with Crippen molar-refractivity contribution < 1.29 is 4.39 Å². The minimum Gasteiger partial charge on any atom is -0.314 e. The largest absolute Gasteiger partial charge is 0.314 e. The highest BCUT2D eigenvalue weighted by molar-refractivity contribution is 9.10. The van der Waals surface area contributed by atoms with E-state index >= 15 is 0 Å². The number of halogens is 2. The van der Waals surface area contributed by atoms with Gasteiger partial charge in [0.15, 0.2) is 0 Å². The number of benzene rings is 1. The van der Waals surface area contributed by atoms with Crippen LogP contribution in [0.4, 0.5) is 4.39 Å². The van der Waals surface area contributed by atoms with E-state index in [1.165, 1.54) is 12.1 Å². The summed E-state index contributed by atoms with van der Waals surface area (Å²) >= 11 is 3.43. The maximum Gasteiger partial charge on any atom is 0.124 e. The molecule has 1 rings (SSSR count). The molecule has 1 atom stereocenters. The molecule has 0 radical (unpaired) electrons. The van der Waals surface area contributed by atoms with Gasteiger partial charge in [0.05, 0.1) is 0 Å². The molecule has 0 fully saturated rings. The molecular weight excluding hydrogens is 295 g/mol. The summed E-state index contributed by atoms with van der Waals surface area (Å²) in [5.41, 5.74) is 1.15. The van der Waals surface area contributed by atoms with Crippen LogP contribution in [0.5, 0.6) is 0 Å². The van der Waals surface area contributed by atoms with Crippen molar-refractivity contribution in [3.05, 3.63) is 34.1 Å². The smallest absolute Gasteiger partial charge is 0.124 e. The quantitative estimate of drug-likeness (QED) is 0.831. The van der Waals surface area contributed by atoms with E-state index in [4.69, 9.17) is 0 Å². The third-order valence-electron chi connectivity index (χ3n) is 2.90. The number of rotatable bonds is 7. The number of hydrogen-bond donors (Lipinski definition) is 1. The molecule has 0 aromatic heterocycles. The minimum atomic E-state index is -0.195. The lowest BCUT2D eigenvalue weighted by Gasteiger charge is -2.20. The highest BCUT2D eigenvalue weighted by atomic mass is 79.9. The molecule has 0 aliphatic heterocycles. The molecule has 1 N–H and O–H groups in total. The fraction of sp³-hybridized carbons (Fsp3) is 0.571. The van der Waals surface area contributed by atoms with Gasteiger partial charge in [0.25, 0.3) is 0 Å². The molecule has 18 heavy (non-hydrogen) atoms. The van der Waals surface area contributed by atoms with Crippen molar-refractivity contribution in [2.45, 2.75) is 25.8 Å². The molecule has 0 aliphatic carbocycles. The minimum absolute atomic E-state index is 0.195. The van der Waals surface area contributed by atoms with Crippen LogP contribution in [-0.4, -0.2) is 38.1 Å². The molecule has 0 spiro atoms. The summed E-state index contributed by atoms with van der Waals surface area (Å²) in [6.45, 7) is 4.12. The van der Waals surface area contributed by atoms with E-state index in [0.29, 0.717) is 6.04 Å². The summed E-state index contributed by atoms with van der Waals surface area (Å²) in [6.07, 6.45) is 2.01. The molecule has 4 heteroatoms. The van der Waals surface area contributed by atoms with Crippen molar-refractivity contribution >= 4 is 15.9 Å². The van der Waals surface area contributed by atoms with Crippen molar-refractivity contribution in [1.82, 2.24) is 10.2 Å². The van der Waals surface area contributed by atoms with Gasteiger partial charge < -0.3 is 10.2 Å². The van der Waals surface area contributed by atoms with E-state index < -0.39 is 0 Å². The molecule has 1 unspecified atom stereocenters. The number of nitrogens with one attached hydrogen (secondary N) is 1. The van der Waals surface area contributed by atoms with E-state index in [1.54, 1.807) is 0 Å². The first-order valence-electron chi connectivity index (χ1n) is 6.35. The van der Waals surface area contributed by atoms with E-state index in [1.807, 2.05) is 6.07 Å². The maximum atomic E-state index is 13.0. The normalized spacial score (nSPS) is 13.0. The third-order valence-corrected chi connectivity index (χ3v) is 3.64. The molecule has 0 bridgehead atoms. The number of nitrogens with zero attached hydrogens (tertiary/aromatic N) is 1. The zero-order valence-electron chi connectivity index (χ0n) is 11.3. The zero-order chi connectivity index (χ0) is 13.5. The van der Waals surface area contributed by atoms with Crippen LogP contribution in [0.3, 0.4) is 0 Å². The predicted octanol–water partition coefficient (Wildman–Crippen LogP) is 3.06. The lowest BCUT2D eigenvalue weighted by atomic mass is 10.0. The fourth-order valence-electron chi connectivity index (χ4n) is 1.93. The first-order chi connectivity index (χ1) is 8.52. The van der Waals surface area contributed by atoms with Crippen molar-refractivity contribution in [2.75, 3.05) is 27.2 Å². The summed E-state index contributed by atoms with van der Waals surface area (Å²) in [5.74, 6) is -0.195. The lowest BCUT2D eigenvalue weighted by Crippen LogP contribution is -2.34. The molecule has 0 amide bonds. The van der Waals surface area contributed by atoms with Gasteiger partial charge in [0.2, 0.25) is 0 Å². The van der Waals surface area contributed by atoms with Crippen molar-refractivity contribution in [3.63, 3.8) is 0 Å². The number of hydrogen-bond acceptors (Lipinski definition) is 2. The molecule has 102 valence electrons. The Morgan fingerprint density at radius 1 is 1.39 bits per heavy atom. The third kappa shape index (κ3) is 5.46. The second kappa shape index (κ2) is 7.87. The fourth-order valence-corrected chi connectivity index (χ4v) is 2.44. The van der Waals surface area contributed by atoms with Crippen LogP contribution in [0.15, 0.2) is 22.7 Å². The van der Waals surface area contributed by atoms with Gasteiger partial charge >= 0.3 is 0 Å². The van der Waals surface area contributed by atoms with E-state index in [0.717, 1.165) is 36.0 Å². The van der Waals surface area contributed by atoms with Crippen LogP contribution in [0.2, 0.25) is 0 Å². The molecule has 0 saturated carbocycles. The highest BCUT2D eigenvalue weighted by Gasteiger charge is 2.11. The van der Waals surface area contributed by atoms with Crippen LogP contribution in [-0.2, 0) is 6.42 Å². The van der Waals surface area contributed by atoms with E-state index in [2.05, 4.69) is 47.2 Å². The Morgan fingerprint density at radius 3 is 2.67 bits per heavy atom. The predicted molar refractivity (Wildman–Crippen MR) is 78.4 cm³/mol. The van der Waals surface area contributed by atoms with E-state index in [-0.39, 0.29) is 5.82 Å². The summed E-state index contributed by atoms with van der Waals surface area (Å²) in [4.78, 5) is 2.18. The highest BCUT2D eigenvalue weighted by Crippen LogP contribution is 2.20. The second-order valence-corrected chi connectivity index (χ2v) is 5.64. The Kier molecular flexibility index (Phi) is 6.82. The topological polar surface area (TPSA) is 15.3 Å². The molecule has 0 aliphatic rings. The van der Waals surface area contributed by atoms with Gasteiger partial charge in [0.1, 0.15) is 5.82 Å². The molecule has 1 aromatic rings. The summed E-state index contributed by atoms with van der Waals surface area (Å²) < 4.78 is 13.9. The molecule has 1 aromatic carbocycles. The molecule has 0 saturated heterocycles. The average Bonchev–Trinajstić information content (AvgIpc) is 2.29. The first-order valence-corrected chi connectivity index (χ1v) is 7.14. The van der Waals surface area contributed by atoms with Crippen LogP contribution in [0, 0.1) is 5.82 Å². The number of likely N-dealkylation sites (N-methyl/N-ethyl adjacent to an activating group) is 1. The van der Waals surface area contributed by atoms with Gasteiger partial charge in [-0.2, -0.15) is 0 Å². The van der Waals surface area contributed by atoms with Crippen LogP contribution in [0.25, 0.3) is 0 Å². The zero-order valence-corrected chi connectivity index (χ0v) is 12.9. The van der Waals surface area contributed by atoms with Gasteiger partial charge in [-0.3, -0.25) is 0 Å². The standard InChI is InChI=1S/C14H22BrFN2/c1-4-17-13(7-8-18(2)3)9-11-5-6-12(16)10-14(11)15/h5-6,10,13,17H,4,7-9H2,1-3H3. The van der Waals surface area contributed by atoms with Crippen molar-refractivity contribution in [2.24, 2.45) is 0 Å². The van der Waals surface area contributed by atoms with Crippen LogP contribution < -0.4 is 5.32 Å². The Labute approximate surface area is 118 Å². The second-order valence-electron chi connectivity index (χ2n) is 4.79. The summed E-state index contributed by atoms with van der Waals surface area (Å²) in [7, 11) is 4.16. The maximum absolute atomic E-state index is 13.0. The van der Waals surface area contributed by atoms with Gasteiger partial charge in [0, 0.05) is 10.5 Å². The summed E-state index contributed by atoms with van der Waals surface area (Å²) in [5, 5.41) is 3.49. The lowest BCUT2D eigenvalue weighted by molar-refractivity contribution is 0.358. The van der Waals surface area contributed by atoms with Gasteiger partial charge in [-0.25, -0.2) is 4.39 Å². The SMILES string of the molecule is CCNC(CCN(C)C)Cc1ccc(F)cc1Br. The van der Waals surface area contributed by atoms with Gasteiger partial charge in [-0.1, -0.05) is 28.9 Å². The molecular formula is C14H22BrFN2. The van der Waals surface area contributed by atoms with Crippen molar-refractivity contribution in [1.29, 1.82) is 0 Å². The molecule has 0 heterocycles. The van der Waals surface area contributed by atoms with Gasteiger partial charge in [-0.15, -0.1) is 0 Å². The van der Waals surface area contributed by atoms with Gasteiger partial charge in [-0.05, 0) is 57.7 Å².